The van der Waals surface area contributed by atoms with Crippen molar-refractivity contribution in [3.05, 3.63) is 29.3 Å². The topological polar surface area (TPSA) is 70.2 Å². The van der Waals surface area contributed by atoms with Crippen LogP contribution in [0.25, 0.3) is 0 Å². The molecule has 5 nitrogen and oxygen atoms in total. The molecule has 3 N–H and O–H groups in total. The molecule has 0 bridgehead atoms. The third-order valence-corrected chi connectivity index (χ3v) is 2.61. The lowest BCUT2D eigenvalue weighted by Crippen LogP contribution is -2.34. The third kappa shape index (κ3) is 7.11. The summed E-state index contributed by atoms with van der Waals surface area (Å²) in [6.45, 7) is 4.43. The highest BCUT2D eigenvalue weighted by Crippen LogP contribution is 2.14. The second-order valence-electron chi connectivity index (χ2n) is 4.71. The van der Waals surface area contributed by atoms with Crippen molar-refractivity contribution in [2.45, 2.75) is 26.3 Å². The van der Waals surface area contributed by atoms with Crippen molar-refractivity contribution >= 4 is 29.1 Å². The van der Waals surface area contributed by atoms with Crippen LogP contribution < -0.4 is 16.0 Å². The van der Waals surface area contributed by atoms with Gasteiger partial charge in [0.05, 0.1) is 6.54 Å². The SMILES string of the molecule is CC(C)NC(=O)CCNCC(=O)Nc1cccc(Cl)c1. The molecule has 0 atom stereocenters. The normalized spacial score (nSPS) is 10.4. The number of carbonyl (C=O) groups excluding carboxylic acids is 2. The Labute approximate surface area is 124 Å². The molecule has 0 aliphatic carbocycles. The van der Waals surface area contributed by atoms with E-state index < -0.39 is 0 Å². The van der Waals surface area contributed by atoms with Crippen molar-refractivity contribution in [3.63, 3.8) is 0 Å². The second kappa shape index (κ2) is 8.55. The lowest BCUT2D eigenvalue weighted by molar-refractivity contribution is -0.121. The summed E-state index contributed by atoms with van der Waals surface area (Å²) in [5, 5.41) is 8.99. The first kappa shape index (κ1) is 16.5. The van der Waals surface area contributed by atoms with E-state index in [9.17, 15) is 9.59 Å². The fourth-order valence-electron chi connectivity index (χ4n) is 1.57. The van der Waals surface area contributed by atoms with Crippen LogP contribution in [0.15, 0.2) is 24.3 Å². The van der Waals surface area contributed by atoms with Gasteiger partial charge in [-0.3, -0.25) is 9.59 Å². The van der Waals surface area contributed by atoms with Gasteiger partial charge in [-0.1, -0.05) is 17.7 Å². The molecule has 0 spiro atoms. The fourth-order valence-corrected chi connectivity index (χ4v) is 1.76. The summed E-state index contributed by atoms with van der Waals surface area (Å²) in [5.74, 6) is -0.195. The van der Waals surface area contributed by atoms with Crippen LogP contribution in [-0.4, -0.2) is 30.9 Å². The van der Waals surface area contributed by atoms with Crippen molar-refractivity contribution in [3.8, 4) is 0 Å². The van der Waals surface area contributed by atoms with Crippen molar-refractivity contribution < 1.29 is 9.59 Å². The Balaban J connectivity index is 2.19. The van der Waals surface area contributed by atoms with E-state index in [-0.39, 0.29) is 24.4 Å². The smallest absolute Gasteiger partial charge is 0.238 e. The van der Waals surface area contributed by atoms with Crippen LogP contribution in [0.1, 0.15) is 20.3 Å². The van der Waals surface area contributed by atoms with Gasteiger partial charge in [-0.15, -0.1) is 0 Å². The molecule has 1 aromatic rings. The van der Waals surface area contributed by atoms with Crippen LogP contribution in [0, 0.1) is 0 Å². The van der Waals surface area contributed by atoms with Crippen molar-refractivity contribution in [1.29, 1.82) is 0 Å². The van der Waals surface area contributed by atoms with Gasteiger partial charge in [-0.2, -0.15) is 0 Å². The Morgan fingerprint density at radius 1 is 1.25 bits per heavy atom. The van der Waals surface area contributed by atoms with E-state index in [2.05, 4.69) is 16.0 Å². The fraction of sp³-hybridized carbons (Fsp3) is 0.429. The molecule has 0 fully saturated rings. The summed E-state index contributed by atoms with van der Waals surface area (Å²) in [7, 11) is 0. The van der Waals surface area contributed by atoms with E-state index in [1.165, 1.54) is 0 Å². The molecular formula is C14H20ClN3O2. The Morgan fingerprint density at radius 3 is 2.65 bits per heavy atom. The lowest BCUT2D eigenvalue weighted by Gasteiger charge is -2.09. The maximum Gasteiger partial charge on any atom is 0.238 e. The van der Waals surface area contributed by atoms with Crippen molar-refractivity contribution in [2.24, 2.45) is 0 Å². The van der Waals surface area contributed by atoms with Crippen LogP contribution in [0.3, 0.4) is 0 Å². The van der Waals surface area contributed by atoms with E-state index in [1.54, 1.807) is 24.3 Å². The molecule has 0 heterocycles. The van der Waals surface area contributed by atoms with E-state index >= 15 is 0 Å². The standard InChI is InChI=1S/C14H20ClN3O2/c1-10(2)17-13(19)6-7-16-9-14(20)18-12-5-3-4-11(15)8-12/h3-5,8,10,16H,6-7,9H2,1-2H3,(H,17,19)(H,18,20). The predicted octanol–water partition coefficient (Wildman–Crippen LogP) is 1.78. The molecule has 6 heteroatoms. The molecule has 0 radical (unpaired) electrons. The highest BCUT2D eigenvalue weighted by Gasteiger charge is 2.05. The Kier molecular flexibility index (Phi) is 7.04. The van der Waals surface area contributed by atoms with Gasteiger partial charge in [0.2, 0.25) is 11.8 Å². The van der Waals surface area contributed by atoms with Crippen LogP contribution in [0.5, 0.6) is 0 Å². The second-order valence-corrected chi connectivity index (χ2v) is 5.14. The molecule has 0 aliphatic rings. The lowest BCUT2D eigenvalue weighted by atomic mass is 10.3. The van der Waals surface area contributed by atoms with Crippen molar-refractivity contribution in [2.75, 3.05) is 18.4 Å². The summed E-state index contributed by atoms with van der Waals surface area (Å²) in [6, 6.07) is 7.08. The maximum atomic E-state index is 11.6. The zero-order valence-electron chi connectivity index (χ0n) is 11.7. The van der Waals surface area contributed by atoms with Crippen molar-refractivity contribution in [1.82, 2.24) is 10.6 Å². The molecule has 0 aliphatic heterocycles. The van der Waals surface area contributed by atoms with Gasteiger partial charge >= 0.3 is 0 Å². The zero-order valence-corrected chi connectivity index (χ0v) is 12.5. The molecule has 110 valence electrons. The number of hydrogen-bond acceptors (Lipinski definition) is 3. The Morgan fingerprint density at radius 2 is 2.00 bits per heavy atom. The maximum absolute atomic E-state index is 11.6. The minimum atomic E-state index is -0.170. The van der Waals surface area contributed by atoms with Crippen LogP contribution >= 0.6 is 11.6 Å². The summed E-state index contributed by atoms with van der Waals surface area (Å²) in [6.07, 6.45) is 0.350. The predicted molar refractivity (Wildman–Crippen MR) is 80.8 cm³/mol. The average molecular weight is 298 g/mol. The van der Waals surface area contributed by atoms with Gasteiger partial charge in [0, 0.05) is 29.7 Å². The number of benzene rings is 1. The van der Waals surface area contributed by atoms with Gasteiger partial charge in [0.25, 0.3) is 0 Å². The zero-order chi connectivity index (χ0) is 15.0. The molecule has 0 aromatic heterocycles. The molecule has 0 saturated heterocycles. The monoisotopic (exact) mass is 297 g/mol. The van der Waals surface area contributed by atoms with E-state index in [4.69, 9.17) is 11.6 Å². The summed E-state index contributed by atoms with van der Waals surface area (Å²) in [5.41, 5.74) is 0.654. The Hall–Kier alpha value is -1.59. The third-order valence-electron chi connectivity index (χ3n) is 2.37. The van der Waals surface area contributed by atoms with E-state index in [0.29, 0.717) is 23.7 Å². The number of amides is 2. The molecule has 1 rings (SSSR count). The molecule has 0 unspecified atom stereocenters. The highest BCUT2D eigenvalue weighted by molar-refractivity contribution is 6.30. The average Bonchev–Trinajstić information content (AvgIpc) is 2.34. The van der Waals surface area contributed by atoms with Gasteiger partial charge in [0.1, 0.15) is 0 Å². The summed E-state index contributed by atoms with van der Waals surface area (Å²) < 4.78 is 0. The Bertz CT molecular complexity index is 463. The molecular weight excluding hydrogens is 278 g/mol. The molecule has 20 heavy (non-hydrogen) atoms. The first-order chi connectivity index (χ1) is 9.47. The van der Waals surface area contributed by atoms with E-state index in [0.717, 1.165) is 0 Å². The van der Waals surface area contributed by atoms with Gasteiger partial charge < -0.3 is 16.0 Å². The number of hydrogen-bond donors (Lipinski definition) is 3. The van der Waals surface area contributed by atoms with E-state index in [1.807, 2.05) is 13.8 Å². The molecule has 2 amide bonds. The molecule has 1 aromatic carbocycles. The number of rotatable bonds is 7. The first-order valence-electron chi connectivity index (χ1n) is 6.53. The van der Waals surface area contributed by atoms with Gasteiger partial charge in [-0.05, 0) is 32.0 Å². The number of carbonyl (C=O) groups is 2. The minimum Gasteiger partial charge on any atom is -0.354 e. The van der Waals surface area contributed by atoms with Crippen LogP contribution in [0.4, 0.5) is 5.69 Å². The number of halogens is 1. The largest absolute Gasteiger partial charge is 0.354 e. The highest BCUT2D eigenvalue weighted by atomic mass is 35.5. The van der Waals surface area contributed by atoms with Gasteiger partial charge in [-0.25, -0.2) is 0 Å². The number of anilines is 1. The minimum absolute atomic E-state index is 0.0252. The van der Waals surface area contributed by atoms with Crippen LogP contribution in [0.2, 0.25) is 5.02 Å². The quantitative estimate of drug-likeness (QED) is 0.672. The summed E-state index contributed by atoms with van der Waals surface area (Å²) in [4.78, 5) is 23.0. The first-order valence-corrected chi connectivity index (χ1v) is 6.90. The van der Waals surface area contributed by atoms with Crippen LogP contribution in [-0.2, 0) is 9.59 Å². The van der Waals surface area contributed by atoms with Gasteiger partial charge in [0.15, 0.2) is 0 Å². The number of nitrogens with one attached hydrogen (secondary N) is 3. The summed E-state index contributed by atoms with van der Waals surface area (Å²) >= 11 is 5.82. The molecule has 0 saturated carbocycles.